The molecule has 0 saturated carbocycles. The van der Waals surface area contributed by atoms with E-state index in [2.05, 4.69) is 12.1 Å². The van der Waals surface area contributed by atoms with E-state index in [0.29, 0.717) is 5.02 Å². The van der Waals surface area contributed by atoms with Crippen LogP contribution in [0.2, 0.25) is 5.02 Å². The van der Waals surface area contributed by atoms with Gasteiger partial charge >= 0.3 is 0 Å². The molecule has 0 heterocycles. The van der Waals surface area contributed by atoms with Crippen molar-refractivity contribution in [3.8, 4) is 0 Å². The lowest BCUT2D eigenvalue weighted by Gasteiger charge is -2.09. The van der Waals surface area contributed by atoms with Gasteiger partial charge in [-0.2, -0.15) is 0 Å². The molecule has 1 nitrogen and oxygen atoms in total. The Labute approximate surface area is 118 Å². The predicted molar refractivity (Wildman–Crippen MR) is 77.9 cm³/mol. The Hall–Kier alpha value is -1.60. The van der Waals surface area contributed by atoms with Gasteiger partial charge in [0.25, 0.3) is 0 Å². The summed E-state index contributed by atoms with van der Waals surface area (Å²) in [5, 5.41) is 0.638. The molecule has 3 rings (SSSR count). The van der Waals surface area contributed by atoms with Gasteiger partial charge in [-0.25, -0.2) is 0 Å². The van der Waals surface area contributed by atoms with E-state index in [0.717, 1.165) is 24.0 Å². The van der Waals surface area contributed by atoms with Crippen molar-refractivity contribution in [2.24, 2.45) is 5.92 Å². The van der Waals surface area contributed by atoms with Crippen molar-refractivity contribution < 1.29 is 4.79 Å². The molecule has 0 amide bonds. The molecule has 0 bridgehead atoms. The second kappa shape index (κ2) is 4.82. The molecule has 0 fully saturated rings. The molecule has 2 aromatic rings. The van der Waals surface area contributed by atoms with Gasteiger partial charge < -0.3 is 0 Å². The van der Waals surface area contributed by atoms with Crippen LogP contribution in [0.25, 0.3) is 0 Å². The molecule has 96 valence electrons. The minimum absolute atomic E-state index is 0.0651. The van der Waals surface area contributed by atoms with E-state index < -0.39 is 0 Å². The van der Waals surface area contributed by atoms with Crippen molar-refractivity contribution in [2.45, 2.75) is 19.8 Å². The SMILES string of the molecule is Cc1cc(Cl)cc(C(=O)C2Cc3ccccc3C2)c1. The third kappa shape index (κ3) is 2.43. The monoisotopic (exact) mass is 270 g/mol. The quantitative estimate of drug-likeness (QED) is 0.746. The zero-order chi connectivity index (χ0) is 13.4. The van der Waals surface area contributed by atoms with Crippen LogP contribution in [0.4, 0.5) is 0 Å². The fourth-order valence-electron chi connectivity index (χ4n) is 2.86. The number of carbonyl (C=O) groups excluding carboxylic acids is 1. The number of benzene rings is 2. The van der Waals surface area contributed by atoms with Crippen molar-refractivity contribution in [2.75, 3.05) is 0 Å². The normalized spacial score (nSPS) is 14.4. The van der Waals surface area contributed by atoms with Crippen LogP contribution in [0.5, 0.6) is 0 Å². The summed E-state index contributed by atoms with van der Waals surface area (Å²) in [7, 11) is 0. The molecule has 0 atom stereocenters. The summed E-state index contributed by atoms with van der Waals surface area (Å²) >= 11 is 6.04. The molecule has 0 spiro atoms. The van der Waals surface area contributed by atoms with Crippen LogP contribution in [0.15, 0.2) is 42.5 Å². The first-order valence-electron chi connectivity index (χ1n) is 6.51. The topological polar surface area (TPSA) is 17.1 Å². The minimum atomic E-state index is 0.0651. The Balaban J connectivity index is 1.87. The van der Waals surface area contributed by atoms with Crippen LogP contribution in [0.3, 0.4) is 0 Å². The van der Waals surface area contributed by atoms with Gasteiger partial charge in [0.05, 0.1) is 0 Å². The van der Waals surface area contributed by atoms with Crippen molar-refractivity contribution in [1.29, 1.82) is 0 Å². The molecule has 0 aromatic heterocycles. The summed E-state index contributed by atoms with van der Waals surface area (Å²) in [5.74, 6) is 0.275. The smallest absolute Gasteiger partial charge is 0.166 e. The standard InChI is InChI=1S/C17H15ClO/c1-11-6-14(10-16(18)7-11)17(19)15-8-12-4-2-3-5-13(12)9-15/h2-7,10,15H,8-9H2,1H3. The van der Waals surface area contributed by atoms with Crippen LogP contribution in [0.1, 0.15) is 27.0 Å². The highest BCUT2D eigenvalue weighted by atomic mass is 35.5. The van der Waals surface area contributed by atoms with E-state index in [-0.39, 0.29) is 11.7 Å². The molecule has 2 aromatic carbocycles. The summed E-state index contributed by atoms with van der Waals surface area (Å²) in [6.45, 7) is 1.96. The van der Waals surface area contributed by atoms with Gasteiger partial charge in [-0.1, -0.05) is 35.9 Å². The summed E-state index contributed by atoms with van der Waals surface area (Å²) in [4.78, 5) is 12.6. The Morgan fingerprint density at radius 1 is 1.11 bits per heavy atom. The maximum Gasteiger partial charge on any atom is 0.166 e. The second-order valence-corrected chi connectivity index (χ2v) is 5.69. The summed E-state index contributed by atoms with van der Waals surface area (Å²) < 4.78 is 0. The highest BCUT2D eigenvalue weighted by molar-refractivity contribution is 6.31. The van der Waals surface area contributed by atoms with Gasteiger partial charge in [-0.3, -0.25) is 4.79 Å². The van der Waals surface area contributed by atoms with Gasteiger partial charge in [-0.05, 0) is 54.7 Å². The molecular weight excluding hydrogens is 256 g/mol. The fourth-order valence-corrected chi connectivity index (χ4v) is 3.15. The number of hydrogen-bond acceptors (Lipinski definition) is 1. The Bertz CT molecular complexity index is 600. The lowest BCUT2D eigenvalue weighted by Crippen LogP contribution is -2.15. The average molecular weight is 271 g/mol. The Kier molecular flexibility index (Phi) is 3.16. The van der Waals surface area contributed by atoms with E-state index in [1.165, 1.54) is 11.1 Å². The molecular formula is C17H15ClO. The van der Waals surface area contributed by atoms with E-state index in [4.69, 9.17) is 11.6 Å². The first kappa shape index (κ1) is 12.4. The van der Waals surface area contributed by atoms with E-state index >= 15 is 0 Å². The summed E-state index contributed by atoms with van der Waals surface area (Å²) in [6.07, 6.45) is 1.70. The van der Waals surface area contributed by atoms with Gasteiger partial charge in [0, 0.05) is 16.5 Å². The minimum Gasteiger partial charge on any atom is -0.294 e. The van der Waals surface area contributed by atoms with Crippen molar-refractivity contribution in [3.05, 3.63) is 69.7 Å². The molecule has 2 heteroatoms. The summed E-state index contributed by atoms with van der Waals surface area (Å²) in [6, 6.07) is 13.9. The third-order valence-corrected chi connectivity index (χ3v) is 3.97. The van der Waals surface area contributed by atoms with Crippen LogP contribution in [-0.2, 0) is 12.8 Å². The van der Waals surface area contributed by atoms with E-state index in [1.54, 1.807) is 6.07 Å². The van der Waals surface area contributed by atoms with Crippen LogP contribution < -0.4 is 0 Å². The predicted octanol–water partition coefficient (Wildman–Crippen LogP) is 4.25. The summed E-state index contributed by atoms with van der Waals surface area (Å²) in [5.41, 5.74) is 4.38. The maximum atomic E-state index is 12.6. The lowest BCUT2D eigenvalue weighted by atomic mass is 9.94. The molecule has 0 radical (unpaired) electrons. The van der Waals surface area contributed by atoms with Crippen molar-refractivity contribution in [1.82, 2.24) is 0 Å². The molecule has 0 aliphatic heterocycles. The number of carbonyl (C=O) groups is 1. The van der Waals surface area contributed by atoms with Crippen LogP contribution in [0, 0.1) is 12.8 Å². The molecule has 1 aliphatic rings. The number of hydrogen-bond donors (Lipinski definition) is 0. The van der Waals surface area contributed by atoms with Crippen LogP contribution >= 0.6 is 11.6 Å². The first-order valence-corrected chi connectivity index (χ1v) is 6.89. The Morgan fingerprint density at radius 2 is 1.74 bits per heavy atom. The fraction of sp³-hybridized carbons (Fsp3) is 0.235. The Morgan fingerprint density at radius 3 is 2.32 bits per heavy atom. The first-order chi connectivity index (χ1) is 9.13. The zero-order valence-electron chi connectivity index (χ0n) is 10.8. The lowest BCUT2D eigenvalue weighted by molar-refractivity contribution is 0.0924. The maximum absolute atomic E-state index is 12.6. The highest BCUT2D eigenvalue weighted by Crippen LogP contribution is 2.29. The number of rotatable bonds is 2. The van der Waals surface area contributed by atoms with E-state index in [9.17, 15) is 4.79 Å². The molecule has 0 unspecified atom stereocenters. The van der Waals surface area contributed by atoms with Crippen molar-refractivity contribution >= 4 is 17.4 Å². The van der Waals surface area contributed by atoms with Gasteiger partial charge in [-0.15, -0.1) is 0 Å². The largest absolute Gasteiger partial charge is 0.294 e. The molecule has 0 saturated heterocycles. The number of halogens is 1. The average Bonchev–Trinajstić information content (AvgIpc) is 2.80. The second-order valence-electron chi connectivity index (χ2n) is 5.26. The van der Waals surface area contributed by atoms with Crippen molar-refractivity contribution in [3.63, 3.8) is 0 Å². The van der Waals surface area contributed by atoms with Gasteiger partial charge in [0.2, 0.25) is 0 Å². The van der Waals surface area contributed by atoms with Gasteiger partial charge in [0.1, 0.15) is 0 Å². The number of fused-ring (bicyclic) bond motifs is 1. The van der Waals surface area contributed by atoms with E-state index in [1.807, 2.05) is 31.2 Å². The highest BCUT2D eigenvalue weighted by Gasteiger charge is 2.27. The zero-order valence-corrected chi connectivity index (χ0v) is 11.6. The number of ketones is 1. The molecule has 19 heavy (non-hydrogen) atoms. The van der Waals surface area contributed by atoms with Gasteiger partial charge in [0.15, 0.2) is 5.78 Å². The molecule has 0 N–H and O–H groups in total. The third-order valence-electron chi connectivity index (χ3n) is 3.75. The number of aryl methyl sites for hydroxylation is 1. The molecule has 1 aliphatic carbocycles. The number of Topliss-reactive ketones (excluding diaryl/α,β-unsaturated/α-hetero) is 1. The van der Waals surface area contributed by atoms with Crippen LogP contribution in [-0.4, -0.2) is 5.78 Å².